The third-order valence-electron chi connectivity index (χ3n) is 5.56. The first kappa shape index (κ1) is 17.3. The van der Waals surface area contributed by atoms with Crippen molar-refractivity contribution in [1.29, 1.82) is 0 Å². The van der Waals surface area contributed by atoms with Crippen LogP contribution in [0, 0.1) is 20.8 Å². The minimum Gasteiger partial charge on any atom is -0.368 e. The Bertz CT molecular complexity index is 1080. The van der Waals surface area contributed by atoms with Crippen LogP contribution in [0.3, 0.4) is 0 Å². The number of fused-ring (bicyclic) bond motifs is 2. The Morgan fingerprint density at radius 1 is 1.11 bits per heavy atom. The summed E-state index contributed by atoms with van der Waals surface area (Å²) in [4.78, 5) is 30.4. The molecule has 0 aliphatic carbocycles. The first-order chi connectivity index (χ1) is 12.9. The van der Waals surface area contributed by atoms with Gasteiger partial charge in [0.1, 0.15) is 11.7 Å². The molecule has 0 fully saturated rings. The van der Waals surface area contributed by atoms with Crippen molar-refractivity contribution in [2.75, 3.05) is 0 Å². The van der Waals surface area contributed by atoms with Crippen LogP contribution in [0.4, 0.5) is 0 Å². The van der Waals surface area contributed by atoms with E-state index in [1.807, 2.05) is 45.0 Å². The van der Waals surface area contributed by atoms with Crippen LogP contribution in [-0.4, -0.2) is 27.7 Å². The molecule has 0 bridgehead atoms. The lowest BCUT2D eigenvalue weighted by Gasteiger charge is -2.35. The van der Waals surface area contributed by atoms with Gasteiger partial charge < -0.3 is 15.6 Å². The average molecular weight is 361 g/mol. The van der Waals surface area contributed by atoms with Gasteiger partial charge in [0.25, 0.3) is 5.91 Å². The van der Waals surface area contributed by atoms with Gasteiger partial charge in [-0.25, -0.2) is 0 Å². The summed E-state index contributed by atoms with van der Waals surface area (Å²) in [5.74, 6) is -0.655. The Hall–Kier alpha value is -3.08. The maximum absolute atomic E-state index is 13.4. The lowest BCUT2D eigenvalue weighted by Crippen LogP contribution is -2.51. The summed E-state index contributed by atoms with van der Waals surface area (Å²) in [7, 11) is 0. The third-order valence-corrected chi connectivity index (χ3v) is 5.56. The number of amides is 2. The van der Waals surface area contributed by atoms with Crippen LogP contribution in [0.1, 0.15) is 38.3 Å². The summed E-state index contributed by atoms with van der Waals surface area (Å²) in [6.07, 6.45) is 0.453. The molecule has 1 atom stereocenters. The Labute approximate surface area is 158 Å². The summed E-state index contributed by atoms with van der Waals surface area (Å²) < 4.78 is 0. The van der Waals surface area contributed by atoms with E-state index in [2.05, 4.69) is 17.1 Å². The Kier molecular flexibility index (Phi) is 4.02. The molecule has 0 unspecified atom stereocenters. The topological polar surface area (TPSA) is 79.2 Å². The van der Waals surface area contributed by atoms with Crippen LogP contribution in [0.5, 0.6) is 0 Å². The van der Waals surface area contributed by atoms with Gasteiger partial charge in [-0.1, -0.05) is 35.9 Å². The quantitative estimate of drug-likeness (QED) is 0.735. The van der Waals surface area contributed by atoms with Gasteiger partial charge >= 0.3 is 0 Å². The molecule has 1 aliphatic heterocycles. The van der Waals surface area contributed by atoms with E-state index in [0.29, 0.717) is 18.7 Å². The van der Waals surface area contributed by atoms with Crippen molar-refractivity contribution >= 4 is 22.7 Å². The van der Waals surface area contributed by atoms with Crippen molar-refractivity contribution in [3.8, 4) is 0 Å². The minimum atomic E-state index is -0.638. The molecule has 1 aliphatic rings. The molecule has 3 N–H and O–H groups in total. The van der Waals surface area contributed by atoms with Crippen LogP contribution in [0.2, 0.25) is 0 Å². The zero-order chi connectivity index (χ0) is 19.3. The van der Waals surface area contributed by atoms with E-state index in [0.717, 1.165) is 38.7 Å². The second-order valence-electron chi connectivity index (χ2n) is 7.45. The van der Waals surface area contributed by atoms with E-state index in [1.165, 1.54) is 0 Å². The van der Waals surface area contributed by atoms with Crippen molar-refractivity contribution in [1.82, 2.24) is 9.88 Å². The maximum Gasteiger partial charge on any atom is 0.271 e. The number of hydrogen-bond donors (Lipinski definition) is 2. The van der Waals surface area contributed by atoms with E-state index in [-0.39, 0.29) is 5.91 Å². The highest BCUT2D eigenvalue weighted by atomic mass is 16.2. The molecule has 1 aromatic heterocycles. The molecule has 2 heterocycles. The highest BCUT2D eigenvalue weighted by molar-refractivity contribution is 6.03. The number of primary amides is 1. The lowest BCUT2D eigenvalue weighted by molar-refractivity contribution is -0.122. The number of carbonyl (C=O) groups is 2. The number of aromatic nitrogens is 1. The number of benzene rings is 2. The van der Waals surface area contributed by atoms with Gasteiger partial charge in [0.2, 0.25) is 5.91 Å². The Morgan fingerprint density at radius 2 is 1.81 bits per heavy atom. The van der Waals surface area contributed by atoms with Gasteiger partial charge in [-0.15, -0.1) is 0 Å². The van der Waals surface area contributed by atoms with E-state index in [4.69, 9.17) is 5.73 Å². The van der Waals surface area contributed by atoms with Gasteiger partial charge in [0.05, 0.1) is 0 Å². The first-order valence-corrected chi connectivity index (χ1v) is 9.13. The standard InChI is InChI=1S/C22H23N3O2/c1-12-8-13(2)19-17(9-12)14(3)20(24-19)22(27)25-11-16-7-5-4-6-15(16)10-18(25)21(23)26/h4-9,18,24H,10-11H2,1-3H3,(H2,23,26)/t18-/m0/s1. The molecular weight excluding hydrogens is 338 g/mol. The first-order valence-electron chi connectivity index (χ1n) is 9.13. The van der Waals surface area contributed by atoms with Crippen molar-refractivity contribution in [2.45, 2.75) is 39.8 Å². The molecule has 0 saturated carbocycles. The van der Waals surface area contributed by atoms with Crippen LogP contribution < -0.4 is 5.73 Å². The Morgan fingerprint density at radius 3 is 2.52 bits per heavy atom. The lowest BCUT2D eigenvalue weighted by atomic mass is 9.93. The number of rotatable bonds is 2. The number of nitrogens with zero attached hydrogens (tertiary/aromatic N) is 1. The monoisotopic (exact) mass is 361 g/mol. The summed E-state index contributed by atoms with van der Waals surface area (Å²) in [6, 6.07) is 11.4. The average Bonchev–Trinajstić information content (AvgIpc) is 2.97. The number of nitrogens with two attached hydrogens (primary N) is 1. The number of nitrogens with one attached hydrogen (secondary N) is 1. The highest BCUT2D eigenvalue weighted by Crippen LogP contribution is 2.30. The Balaban J connectivity index is 1.80. The maximum atomic E-state index is 13.4. The predicted molar refractivity (Wildman–Crippen MR) is 106 cm³/mol. The fraction of sp³-hybridized carbons (Fsp3) is 0.273. The van der Waals surface area contributed by atoms with Gasteiger partial charge in [-0.3, -0.25) is 9.59 Å². The second kappa shape index (κ2) is 6.27. The molecular formula is C22H23N3O2. The summed E-state index contributed by atoms with van der Waals surface area (Å²) in [6.45, 7) is 6.41. The summed E-state index contributed by atoms with van der Waals surface area (Å²) in [5, 5.41) is 1.05. The van der Waals surface area contributed by atoms with E-state index < -0.39 is 11.9 Å². The van der Waals surface area contributed by atoms with Crippen molar-refractivity contribution < 1.29 is 9.59 Å². The zero-order valence-corrected chi connectivity index (χ0v) is 15.8. The fourth-order valence-electron chi connectivity index (χ4n) is 4.13. The number of aromatic amines is 1. The van der Waals surface area contributed by atoms with Gasteiger partial charge in [-0.05, 0) is 49.1 Å². The minimum absolute atomic E-state index is 0.181. The smallest absolute Gasteiger partial charge is 0.271 e. The molecule has 2 aromatic carbocycles. The zero-order valence-electron chi connectivity index (χ0n) is 15.8. The summed E-state index contributed by atoms with van der Waals surface area (Å²) in [5.41, 5.74) is 12.4. The number of aryl methyl sites for hydroxylation is 3. The molecule has 4 rings (SSSR count). The van der Waals surface area contributed by atoms with Gasteiger partial charge in [0.15, 0.2) is 0 Å². The molecule has 0 saturated heterocycles. The molecule has 5 nitrogen and oxygen atoms in total. The molecule has 2 amide bonds. The molecule has 27 heavy (non-hydrogen) atoms. The van der Waals surface area contributed by atoms with Gasteiger partial charge in [0, 0.05) is 23.9 Å². The normalized spacial score (nSPS) is 16.4. The van der Waals surface area contributed by atoms with Crippen LogP contribution in [0.25, 0.3) is 10.9 Å². The molecule has 0 spiro atoms. The predicted octanol–water partition coefficient (Wildman–Crippen LogP) is 3.15. The second-order valence-corrected chi connectivity index (χ2v) is 7.45. The van der Waals surface area contributed by atoms with Crippen molar-refractivity contribution in [3.63, 3.8) is 0 Å². The van der Waals surface area contributed by atoms with Gasteiger partial charge in [-0.2, -0.15) is 0 Å². The van der Waals surface area contributed by atoms with Crippen LogP contribution in [-0.2, 0) is 17.8 Å². The van der Waals surface area contributed by atoms with E-state index in [9.17, 15) is 9.59 Å². The summed E-state index contributed by atoms with van der Waals surface area (Å²) >= 11 is 0. The van der Waals surface area contributed by atoms with Crippen LogP contribution in [0.15, 0.2) is 36.4 Å². The van der Waals surface area contributed by atoms with E-state index in [1.54, 1.807) is 4.90 Å². The highest BCUT2D eigenvalue weighted by Gasteiger charge is 2.35. The van der Waals surface area contributed by atoms with Crippen molar-refractivity contribution in [3.05, 3.63) is 69.9 Å². The number of carbonyl (C=O) groups excluding carboxylic acids is 2. The molecule has 5 heteroatoms. The molecule has 0 radical (unpaired) electrons. The molecule has 3 aromatic rings. The number of hydrogen-bond acceptors (Lipinski definition) is 2. The number of H-pyrrole nitrogens is 1. The third kappa shape index (κ3) is 2.79. The van der Waals surface area contributed by atoms with Crippen LogP contribution >= 0.6 is 0 Å². The largest absolute Gasteiger partial charge is 0.368 e. The molecule has 138 valence electrons. The van der Waals surface area contributed by atoms with E-state index >= 15 is 0 Å². The SMILES string of the molecule is Cc1cc(C)c2[nH]c(C(=O)N3Cc4ccccc4C[C@H]3C(N)=O)c(C)c2c1. The fourth-order valence-corrected chi connectivity index (χ4v) is 4.13. The van der Waals surface area contributed by atoms with Crippen molar-refractivity contribution in [2.24, 2.45) is 5.73 Å².